The minimum atomic E-state index is -0.420. The van der Waals surface area contributed by atoms with Crippen LogP contribution in [0.15, 0.2) is 77.4 Å². The number of benzene rings is 2. The summed E-state index contributed by atoms with van der Waals surface area (Å²) in [6.45, 7) is 1.96. The van der Waals surface area contributed by atoms with Crippen molar-refractivity contribution in [2.45, 2.75) is 6.92 Å². The van der Waals surface area contributed by atoms with Crippen molar-refractivity contribution >= 4 is 17.9 Å². The summed E-state index contributed by atoms with van der Waals surface area (Å²) in [4.78, 5) is 16.2. The van der Waals surface area contributed by atoms with Gasteiger partial charge in [0.1, 0.15) is 0 Å². The van der Waals surface area contributed by atoms with E-state index in [0.717, 1.165) is 16.7 Å². The molecule has 0 atom stereocenters. The van der Waals surface area contributed by atoms with Gasteiger partial charge in [-0.25, -0.2) is 9.79 Å². The van der Waals surface area contributed by atoms with Crippen LogP contribution >= 0.6 is 0 Å². The maximum atomic E-state index is 11.9. The van der Waals surface area contributed by atoms with E-state index in [0.29, 0.717) is 11.6 Å². The second-order valence-electron chi connectivity index (χ2n) is 4.94. The predicted octanol–water partition coefficient (Wildman–Crippen LogP) is 3.90. The molecular formula is C19H15NO2. The second-order valence-corrected chi connectivity index (χ2v) is 4.94. The van der Waals surface area contributed by atoms with E-state index < -0.39 is 5.97 Å². The van der Waals surface area contributed by atoms with Crippen molar-refractivity contribution in [2.75, 3.05) is 0 Å². The lowest BCUT2D eigenvalue weighted by atomic mass is 10.1. The zero-order valence-electron chi connectivity index (χ0n) is 12.2. The summed E-state index contributed by atoms with van der Waals surface area (Å²) < 4.78 is 5.25. The fraction of sp³-hybridized carbons (Fsp3) is 0.0526. The van der Waals surface area contributed by atoms with Gasteiger partial charge in [0.2, 0.25) is 5.90 Å². The van der Waals surface area contributed by atoms with E-state index in [2.05, 4.69) is 4.99 Å². The minimum Gasteiger partial charge on any atom is -0.402 e. The first-order valence-electron chi connectivity index (χ1n) is 7.04. The van der Waals surface area contributed by atoms with Gasteiger partial charge in [-0.05, 0) is 30.2 Å². The molecule has 3 heteroatoms. The topological polar surface area (TPSA) is 38.7 Å². The number of carbonyl (C=O) groups excluding carboxylic acids is 1. The molecule has 0 saturated heterocycles. The Hall–Kier alpha value is -2.94. The van der Waals surface area contributed by atoms with E-state index in [1.807, 2.05) is 67.6 Å². The fourth-order valence-electron chi connectivity index (χ4n) is 2.17. The molecule has 0 aromatic heterocycles. The van der Waals surface area contributed by atoms with Crippen LogP contribution in [0.5, 0.6) is 0 Å². The van der Waals surface area contributed by atoms with Crippen molar-refractivity contribution in [1.82, 2.24) is 0 Å². The lowest BCUT2D eigenvalue weighted by Gasteiger charge is -2.02. The number of aliphatic imine (C=N–C) groups is 1. The van der Waals surface area contributed by atoms with Gasteiger partial charge in [0, 0.05) is 5.56 Å². The summed E-state index contributed by atoms with van der Waals surface area (Å²) in [5.41, 5.74) is 3.24. The van der Waals surface area contributed by atoms with Crippen LogP contribution in [-0.4, -0.2) is 11.9 Å². The number of ether oxygens (including phenoxy) is 1. The summed E-state index contributed by atoms with van der Waals surface area (Å²) in [5.74, 6) is -0.0570. The molecule has 0 amide bonds. The average molecular weight is 289 g/mol. The van der Waals surface area contributed by atoms with Gasteiger partial charge in [-0.3, -0.25) is 0 Å². The Bertz CT molecular complexity index is 786. The van der Waals surface area contributed by atoms with Crippen LogP contribution in [0, 0.1) is 6.92 Å². The summed E-state index contributed by atoms with van der Waals surface area (Å²) in [7, 11) is 0. The number of aryl methyl sites for hydroxylation is 1. The molecule has 0 radical (unpaired) electrons. The molecular weight excluding hydrogens is 274 g/mol. The van der Waals surface area contributed by atoms with Crippen molar-refractivity contribution in [3.05, 3.63) is 89.1 Å². The highest BCUT2D eigenvalue weighted by Crippen LogP contribution is 2.18. The largest absolute Gasteiger partial charge is 0.402 e. The summed E-state index contributed by atoms with van der Waals surface area (Å²) in [6.07, 6.45) is 5.39. The molecule has 108 valence electrons. The van der Waals surface area contributed by atoms with Crippen molar-refractivity contribution in [3.8, 4) is 0 Å². The van der Waals surface area contributed by atoms with Gasteiger partial charge in [0.15, 0.2) is 5.70 Å². The third-order valence-electron chi connectivity index (χ3n) is 3.34. The van der Waals surface area contributed by atoms with Gasteiger partial charge in [-0.2, -0.15) is 0 Å². The molecule has 2 aromatic carbocycles. The zero-order valence-corrected chi connectivity index (χ0v) is 12.2. The number of allylic oxidation sites excluding steroid dienone is 2. The minimum absolute atomic E-state index is 0.311. The summed E-state index contributed by atoms with van der Waals surface area (Å²) in [5, 5.41) is 0. The van der Waals surface area contributed by atoms with Crippen LogP contribution in [0.3, 0.4) is 0 Å². The van der Waals surface area contributed by atoms with E-state index in [4.69, 9.17) is 4.74 Å². The lowest BCUT2D eigenvalue weighted by Crippen LogP contribution is -2.06. The van der Waals surface area contributed by atoms with E-state index in [1.165, 1.54) is 0 Å². The van der Waals surface area contributed by atoms with E-state index in [1.54, 1.807) is 12.2 Å². The van der Waals surface area contributed by atoms with Crippen molar-refractivity contribution in [2.24, 2.45) is 4.99 Å². The Labute approximate surface area is 129 Å². The lowest BCUT2D eigenvalue weighted by molar-refractivity contribution is -0.130. The molecule has 0 bridgehead atoms. The molecule has 0 aliphatic carbocycles. The molecule has 1 aliphatic rings. The van der Waals surface area contributed by atoms with E-state index >= 15 is 0 Å². The van der Waals surface area contributed by atoms with Gasteiger partial charge >= 0.3 is 5.97 Å². The van der Waals surface area contributed by atoms with Gasteiger partial charge in [-0.15, -0.1) is 0 Å². The summed E-state index contributed by atoms with van der Waals surface area (Å²) >= 11 is 0. The van der Waals surface area contributed by atoms with Crippen molar-refractivity contribution < 1.29 is 9.53 Å². The van der Waals surface area contributed by atoms with E-state index in [-0.39, 0.29) is 0 Å². The number of nitrogens with zero attached hydrogens (tertiary/aromatic N) is 1. The van der Waals surface area contributed by atoms with Crippen molar-refractivity contribution in [1.29, 1.82) is 0 Å². The highest BCUT2D eigenvalue weighted by Gasteiger charge is 2.24. The molecule has 0 spiro atoms. The van der Waals surface area contributed by atoms with Crippen LogP contribution in [0.2, 0.25) is 0 Å². The van der Waals surface area contributed by atoms with Crippen molar-refractivity contribution in [3.63, 3.8) is 0 Å². The molecule has 2 aromatic rings. The number of rotatable bonds is 3. The third-order valence-corrected chi connectivity index (χ3v) is 3.34. The van der Waals surface area contributed by atoms with Crippen LogP contribution < -0.4 is 0 Å². The second kappa shape index (κ2) is 6.22. The molecule has 0 unspecified atom stereocenters. The van der Waals surface area contributed by atoms with Gasteiger partial charge in [0.25, 0.3) is 0 Å². The first kappa shape index (κ1) is 14.0. The van der Waals surface area contributed by atoms with Crippen LogP contribution in [-0.2, 0) is 9.53 Å². The first-order chi connectivity index (χ1) is 10.7. The van der Waals surface area contributed by atoms with Gasteiger partial charge in [0.05, 0.1) is 0 Å². The van der Waals surface area contributed by atoms with Crippen LogP contribution in [0.1, 0.15) is 16.7 Å². The van der Waals surface area contributed by atoms with Crippen LogP contribution in [0.4, 0.5) is 0 Å². The first-order valence-corrected chi connectivity index (χ1v) is 7.04. The Morgan fingerprint density at radius 2 is 1.73 bits per heavy atom. The highest BCUT2D eigenvalue weighted by molar-refractivity contribution is 6.11. The number of carbonyl (C=O) groups is 1. The predicted molar refractivity (Wildman–Crippen MR) is 87.4 cm³/mol. The quantitative estimate of drug-likeness (QED) is 0.635. The number of esters is 1. The summed E-state index contributed by atoms with van der Waals surface area (Å²) in [6, 6.07) is 17.6. The maximum absolute atomic E-state index is 11.9. The molecule has 0 saturated carbocycles. The molecule has 3 nitrogen and oxygen atoms in total. The molecule has 3 rings (SSSR count). The monoisotopic (exact) mass is 289 g/mol. The molecule has 1 heterocycles. The Kier molecular flexibility index (Phi) is 3.97. The van der Waals surface area contributed by atoms with E-state index in [9.17, 15) is 4.79 Å². The SMILES string of the molecule is Cc1ccccc1C1=N/C(=C\C=C\c2ccccc2)C(=O)O1. The Morgan fingerprint density at radius 3 is 2.50 bits per heavy atom. The standard InChI is InChI=1S/C19H15NO2/c1-14-8-5-6-12-16(14)18-20-17(19(21)22-18)13-7-11-15-9-3-2-4-10-15/h2-13H,1H3/b11-7+,17-13-. The Balaban J connectivity index is 1.83. The highest BCUT2D eigenvalue weighted by atomic mass is 16.6. The van der Waals surface area contributed by atoms with Crippen LogP contribution in [0.25, 0.3) is 6.08 Å². The maximum Gasteiger partial charge on any atom is 0.363 e. The Morgan fingerprint density at radius 1 is 1.00 bits per heavy atom. The number of hydrogen-bond donors (Lipinski definition) is 0. The number of hydrogen-bond acceptors (Lipinski definition) is 3. The zero-order chi connectivity index (χ0) is 15.4. The normalized spacial score (nSPS) is 16.1. The number of cyclic esters (lactones) is 1. The van der Waals surface area contributed by atoms with Gasteiger partial charge in [-0.1, -0.05) is 60.7 Å². The molecule has 1 aliphatic heterocycles. The third kappa shape index (κ3) is 3.04. The fourth-order valence-corrected chi connectivity index (χ4v) is 2.17. The molecule has 22 heavy (non-hydrogen) atoms. The smallest absolute Gasteiger partial charge is 0.363 e. The molecule has 0 N–H and O–H groups in total. The van der Waals surface area contributed by atoms with Gasteiger partial charge < -0.3 is 4.74 Å². The molecule has 0 fully saturated rings. The average Bonchev–Trinajstić information content (AvgIpc) is 2.90.